The van der Waals surface area contributed by atoms with E-state index in [0.717, 1.165) is 11.3 Å². The van der Waals surface area contributed by atoms with E-state index < -0.39 is 6.03 Å². The van der Waals surface area contributed by atoms with Crippen LogP contribution in [0, 0.1) is 6.92 Å². The van der Waals surface area contributed by atoms with E-state index >= 15 is 0 Å². The zero-order valence-electron chi connectivity index (χ0n) is 8.13. The van der Waals surface area contributed by atoms with Gasteiger partial charge in [0.1, 0.15) is 5.75 Å². The molecule has 0 aliphatic carbocycles. The molecular weight excluding hydrogens is 182 g/mol. The molecule has 1 aromatic carbocycles. The van der Waals surface area contributed by atoms with E-state index in [9.17, 15) is 4.79 Å². The van der Waals surface area contributed by atoms with Crippen molar-refractivity contribution in [2.24, 2.45) is 5.84 Å². The number of anilines is 1. The maximum atomic E-state index is 10.9. The number of amides is 2. The topological polar surface area (TPSA) is 76.4 Å². The van der Waals surface area contributed by atoms with Gasteiger partial charge in [-0.1, -0.05) is 0 Å². The van der Waals surface area contributed by atoms with Crippen LogP contribution in [0.2, 0.25) is 0 Å². The summed E-state index contributed by atoms with van der Waals surface area (Å²) in [5.74, 6) is 5.71. The Morgan fingerprint density at radius 2 is 2.21 bits per heavy atom. The van der Waals surface area contributed by atoms with E-state index in [1.165, 1.54) is 0 Å². The number of carbonyl (C=O) groups is 1. The Morgan fingerprint density at radius 1 is 1.50 bits per heavy atom. The van der Waals surface area contributed by atoms with Crippen LogP contribution in [0.5, 0.6) is 5.75 Å². The Balaban J connectivity index is 2.81. The number of nitrogens with two attached hydrogens (primary N) is 1. The van der Waals surface area contributed by atoms with Gasteiger partial charge < -0.3 is 10.1 Å². The van der Waals surface area contributed by atoms with Gasteiger partial charge in [-0.15, -0.1) is 0 Å². The number of benzene rings is 1. The van der Waals surface area contributed by atoms with E-state index in [4.69, 9.17) is 10.6 Å². The molecule has 0 unspecified atom stereocenters. The highest BCUT2D eigenvalue weighted by Gasteiger charge is 2.02. The lowest BCUT2D eigenvalue weighted by Gasteiger charge is -2.08. The first-order valence-corrected chi connectivity index (χ1v) is 4.09. The maximum Gasteiger partial charge on any atom is 0.333 e. The lowest BCUT2D eigenvalue weighted by Crippen LogP contribution is -2.34. The van der Waals surface area contributed by atoms with Crippen molar-refractivity contribution in [3.05, 3.63) is 23.8 Å². The molecular formula is C9H13N3O2. The first-order valence-electron chi connectivity index (χ1n) is 4.09. The van der Waals surface area contributed by atoms with E-state index in [0.29, 0.717) is 5.69 Å². The number of nitrogens with one attached hydrogen (secondary N) is 2. The smallest absolute Gasteiger partial charge is 0.333 e. The van der Waals surface area contributed by atoms with Crippen LogP contribution >= 0.6 is 0 Å². The van der Waals surface area contributed by atoms with Crippen molar-refractivity contribution in [1.29, 1.82) is 0 Å². The molecule has 0 bridgehead atoms. The summed E-state index contributed by atoms with van der Waals surface area (Å²) in [7, 11) is 1.60. The largest absolute Gasteiger partial charge is 0.496 e. The summed E-state index contributed by atoms with van der Waals surface area (Å²) in [6.07, 6.45) is 0. The molecule has 0 atom stereocenters. The molecule has 0 aromatic heterocycles. The minimum atomic E-state index is -0.449. The van der Waals surface area contributed by atoms with Gasteiger partial charge in [-0.05, 0) is 30.7 Å². The number of aryl methyl sites for hydroxylation is 1. The summed E-state index contributed by atoms with van der Waals surface area (Å²) >= 11 is 0. The van der Waals surface area contributed by atoms with Gasteiger partial charge in [0.05, 0.1) is 7.11 Å². The number of methoxy groups -OCH3 is 1. The van der Waals surface area contributed by atoms with Crippen molar-refractivity contribution < 1.29 is 9.53 Å². The maximum absolute atomic E-state index is 10.9. The number of urea groups is 1. The molecule has 0 fully saturated rings. The highest BCUT2D eigenvalue weighted by atomic mass is 16.5. The van der Waals surface area contributed by atoms with Crippen LogP contribution in [0.4, 0.5) is 10.5 Å². The number of ether oxygens (including phenoxy) is 1. The van der Waals surface area contributed by atoms with Crippen LogP contribution in [-0.2, 0) is 0 Å². The number of hydrazine groups is 1. The van der Waals surface area contributed by atoms with Crippen molar-refractivity contribution in [2.45, 2.75) is 6.92 Å². The Kier molecular flexibility index (Phi) is 3.30. The highest BCUT2D eigenvalue weighted by Crippen LogP contribution is 2.21. The second-order valence-corrected chi connectivity index (χ2v) is 2.78. The average molecular weight is 195 g/mol. The molecule has 76 valence electrons. The van der Waals surface area contributed by atoms with Crippen molar-refractivity contribution in [1.82, 2.24) is 5.43 Å². The molecule has 0 aliphatic rings. The molecule has 0 heterocycles. The molecule has 0 aliphatic heterocycles. The van der Waals surface area contributed by atoms with Crippen LogP contribution < -0.4 is 21.3 Å². The minimum Gasteiger partial charge on any atom is -0.496 e. The third-order valence-electron chi connectivity index (χ3n) is 1.78. The van der Waals surface area contributed by atoms with Crippen molar-refractivity contribution in [3.63, 3.8) is 0 Å². The summed E-state index contributed by atoms with van der Waals surface area (Å²) in [4.78, 5) is 10.9. The molecule has 0 radical (unpaired) electrons. The molecule has 2 amide bonds. The number of hydrogen-bond acceptors (Lipinski definition) is 3. The Morgan fingerprint density at radius 3 is 2.71 bits per heavy atom. The van der Waals surface area contributed by atoms with Gasteiger partial charge in [0.25, 0.3) is 0 Å². The molecule has 4 N–H and O–H groups in total. The van der Waals surface area contributed by atoms with Crippen molar-refractivity contribution >= 4 is 11.7 Å². The van der Waals surface area contributed by atoms with Gasteiger partial charge in [0.15, 0.2) is 0 Å². The van der Waals surface area contributed by atoms with Gasteiger partial charge in [-0.2, -0.15) is 0 Å². The summed E-state index contributed by atoms with van der Waals surface area (Å²) in [6.45, 7) is 1.89. The molecule has 1 rings (SSSR count). The minimum absolute atomic E-state index is 0.449. The quantitative estimate of drug-likeness (QED) is 0.374. The first kappa shape index (κ1) is 10.3. The zero-order valence-corrected chi connectivity index (χ0v) is 8.13. The van der Waals surface area contributed by atoms with Gasteiger partial charge >= 0.3 is 6.03 Å². The van der Waals surface area contributed by atoms with Gasteiger partial charge in [0.2, 0.25) is 0 Å². The van der Waals surface area contributed by atoms with Crippen LogP contribution in [0.15, 0.2) is 18.2 Å². The van der Waals surface area contributed by atoms with Crippen LogP contribution in [0.25, 0.3) is 0 Å². The summed E-state index contributed by atoms with van der Waals surface area (Å²) < 4.78 is 5.08. The average Bonchev–Trinajstić information content (AvgIpc) is 2.18. The predicted octanol–water partition coefficient (Wildman–Crippen LogP) is 0.999. The SMILES string of the molecule is COc1ccc(NC(=O)NN)cc1C. The third kappa shape index (κ3) is 2.37. The van der Waals surface area contributed by atoms with Crippen LogP contribution in [-0.4, -0.2) is 13.1 Å². The van der Waals surface area contributed by atoms with Gasteiger partial charge in [0, 0.05) is 5.69 Å². The second kappa shape index (κ2) is 4.48. The number of carbonyl (C=O) groups excluding carboxylic acids is 1. The van der Waals surface area contributed by atoms with Crippen molar-refractivity contribution in [3.8, 4) is 5.75 Å². The zero-order chi connectivity index (χ0) is 10.6. The molecule has 5 heteroatoms. The van der Waals surface area contributed by atoms with E-state index in [2.05, 4.69) is 5.32 Å². The Hall–Kier alpha value is -1.75. The van der Waals surface area contributed by atoms with Gasteiger partial charge in [-0.25, -0.2) is 10.6 Å². The predicted molar refractivity (Wildman–Crippen MR) is 54.1 cm³/mol. The van der Waals surface area contributed by atoms with E-state index in [1.54, 1.807) is 25.3 Å². The lowest BCUT2D eigenvalue weighted by atomic mass is 10.2. The fourth-order valence-electron chi connectivity index (χ4n) is 1.12. The number of rotatable bonds is 2. The van der Waals surface area contributed by atoms with E-state index in [-0.39, 0.29) is 0 Å². The summed E-state index contributed by atoms with van der Waals surface area (Å²) in [5, 5.41) is 2.55. The Bertz CT molecular complexity index is 339. The first-order chi connectivity index (χ1) is 6.67. The van der Waals surface area contributed by atoms with Crippen LogP contribution in [0.3, 0.4) is 0 Å². The second-order valence-electron chi connectivity index (χ2n) is 2.78. The fourth-order valence-corrected chi connectivity index (χ4v) is 1.12. The molecule has 5 nitrogen and oxygen atoms in total. The van der Waals surface area contributed by atoms with E-state index in [1.807, 2.05) is 12.3 Å². The van der Waals surface area contributed by atoms with Gasteiger partial charge in [-0.3, -0.25) is 5.43 Å². The summed E-state index contributed by atoms with van der Waals surface area (Å²) in [5.41, 5.74) is 3.60. The molecule has 14 heavy (non-hydrogen) atoms. The number of hydrogen-bond donors (Lipinski definition) is 3. The monoisotopic (exact) mass is 195 g/mol. The molecule has 0 spiro atoms. The fraction of sp³-hybridized carbons (Fsp3) is 0.222. The normalized spacial score (nSPS) is 9.36. The third-order valence-corrected chi connectivity index (χ3v) is 1.78. The van der Waals surface area contributed by atoms with Crippen molar-refractivity contribution in [2.75, 3.05) is 12.4 Å². The lowest BCUT2D eigenvalue weighted by molar-refractivity contribution is 0.252. The highest BCUT2D eigenvalue weighted by molar-refractivity contribution is 5.88. The van der Waals surface area contributed by atoms with Crippen LogP contribution in [0.1, 0.15) is 5.56 Å². The Labute approximate surface area is 82.2 Å². The summed E-state index contributed by atoms with van der Waals surface area (Å²) in [6, 6.07) is 4.87. The molecule has 0 saturated carbocycles. The standard InChI is InChI=1S/C9H13N3O2/c1-6-5-7(11-9(13)12-10)3-4-8(6)14-2/h3-5H,10H2,1-2H3,(H2,11,12,13). The molecule has 0 saturated heterocycles. The molecule has 1 aromatic rings.